The van der Waals surface area contributed by atoms with Crippen LogP contribution in [0.5, 0.6) is 0 Å². The molecule has 0 fully saturated rings. The van der Waals surface area contributed by atoms with Gasteiger partial charge >= 0.3 is 0 Å². The molecule has 0 aliphatic heterocycles. The summed E-state index contributed by atoms with van der Waals surface area (Å²) in [5.74, 6) is 0.115. The summed E-state index contributed by atoms with van der Waals surface area (Å²) in [5.41, 5.74) is 0.876. The van der Waals surface area contributed by atoms with Gasteiger partial charge < -0.3 is 5.32 Å². The molecule has 0 saturated heterocycles. The van der Waals surface area contributed by atoms with Gasteiger partial charge in [-0.3, -0.25) is 4.79 Å². The number of anilines is 1. The highest BCUT2D eigenvalue weighted by Crippen LogP contribution is 2.22. The second-order valence-corrected chi connectivity index (χ2v) is 6.36. The summed E-state index contributed by atoms with van der Waals surface area (Å²) >= 11 is 5.68. The van der Waals surface area contributed by atoms with E-state index in [0.29, 0.717) is 6.42 Å². The maximum Gasteiger partial charge on any atom is 0.224 e. The maximum atomic E-state index is 11.7. The molecule has 0 bridgehead atoms. The van der Waals surface area contributed by atoms with Gasteiger partial charge in [-0.15, -0.1) is 0 Å². The van der Waals surface area contributed by atoms with Crippen molar-refractivity contribution in [2.75, 3.05) is 5.32 Å². The van der Waals surface area contributed by atoms with Crippen LogP contribution in [0.25, 0.3) is 0 Å². The van der Waals surface area contributed by atoms with Gasteiger partial charge in [-0.25, -0.2) is 0 Å². The predicted molar refractivity (Wildman–Crippen MR) is 88.9 cm³/mol. The number of carbonyl (C=O) groups is 1. The van der Waals surface area contributed by atoms with E-state index in [1.807, 2.05) is 18.2 Å². The van der Waals surface area contributed by atoms with E-state index >= 15 is 0 Å². The van der Waals surface area contributed by atoms with Crippen molar-refractivity contribution >= 4 is 50.1 Å². The molecular formula is C14H19BrINO. The van der Waals surface area contributed by atoms with Crippen molar-refractivity contribution < 1.29 is 4.79 Å². The minimum atomic E-state index is 0.115. The monoisotopic (exact) mass is 423 g/mol. The first-order chi connectivity index (χ1) is 8.63. The van der Waals surface area contributed by atoms with Crippen LogP contribution < -0.4 is 5.32 Å². The Morgan fingerprint density at radius 2 is 2.00 bits per heavy atom. The summed E-state index contributed by atoms with van der Waals surface area (Å²) in [6.45, 7) is 2.20. The number of benzene rings is 1. The molecule has 1 aromatic carbocycles. The molecule has 0 aromatic heterocycles. The number of hydrogen-bond acceptors (Lipinski definition) is 1. The summed E-state index contributed by atoms with van der Waals surface area (Å²) in [7, 11) is 0. The normalized spacial score (nSPS) is 10.4. The number of carbonyl (C=O) groups excluding carboxylic acids is 1. The standard InChI is InChI=1S/C14H19BrINO/c1-2-3-4-5-6-7-14(18)17-11-8-9-12(15)13(16)10-11/h8-10H,2-7H2,1H3,(H,17,18). The van der Waals surface area contributed by atoms with Crippen molar-refractivity contribution in [3.8, 4) is 0 Å². The van der Waals surface area contributed by atoms with Gasteiger partial charge in [0.25, 0.3) is 0 Å². The second-order valence-electron chi connectivity index (χ2n) is 4.34. The number of rotatable bonds is 7. The Balaban J connectivity index is 2.29. The second kappa shape index (κ2) is 8.91. The van der Waals surface area contributed by atoms with Gasteiger partial charge in [0, 0.05) is 20.2 Å². The van der Waals surface area contributed by atoms with Crippen LogP contribution >= 0.6 is 38.5 Å². The summed E-state index contributed by atoms with van der Waals surface area (Å²) < 4.78 is 2.16. The molecule has 100 valence electrons. The lowest BCUT2D eigenvalue weighted by Gasteiger charge is -2.06. The molecule has 0 atom stereocenters. The minimum Gasteiger partial charge on any atom is -0.326 e. The van der Waals surface area contributed by atoms with Crippen molar-refractivity contribution in [2.45, 2.75) is 45.4 Å². The lowest BCUT2D eigenvalue weighted by atomic mass is 10.1. The third-order valence-corrected chi connectivity index (χ3v) is 5.04. The Kier molecular flexibility index (Phi) is 7.90. The molecule has 4 heteroatoms. The topological polar surface area (TPSA) is 29.1 Å². The summed E-state index contributed by atoms with van der Waals surface area (Å²) in [6.07, 6.45) is 6.50. The molecule has 2 nitrogen and oxygen atoms in total. The van der Waals surface area contributed by atoms with E-state index in [1.165, 1.54) is 19.3 Å². The van der Waals surface area contributed by atoms with Gasteiger partial charge in [-0.05, 0) is 63.1 Å². The number of unbranched alkanes of at least 4 members (excludes halogenated alkanes) is 4. The molecule has 0 saturated carbocycles. The van der Waals surface area contributed by atoms with Gasteiger partial charge in [0.15, 0.2) is 0 Å². The molecule has 0 radical (unpaired) electrons. The zero-order chi connectivity index (χ0) is 13.4. The molecule has 0 heterocycles. The van der Waals surface area contributed by atoms with Crippen LogP contribution in [0, 0.1) is 3.57 Å². The lowest BCUT2D eigenvalue weighted by molar-refractivity contribution is -0.116. The van der Waals surface area contributed by atoms with Gasteiger partial charge in [-0.2, -0.15) is 0 Å². The van der Waals surface area contributed by atoms with Crippen molar-refractivity contribution in [1.29, 1.82) is 0 Å². The Labute approximate surface area is 131 Å². The molecule has 18 heavy (non-hydrogen) atoms. The van der Waals surface area contributed by atoms with Crippen LogP contribution in [0.3, 0.4) is 0 Å². The first-order valence-corrected chi connectivity index (χ1v) is 8.25. The van der Waals surface area contributed by atoms with Crippen LogP contribution in [-0.4, -0.2) is 5.91 Å². The zero-order valence-corrected chi connectivity index (χ0v) is 14.4. The van der Waals surface area contributed by atoms with Crippen molar-refractivity contribution in [2.24, 2.45) is 0 Å². The third kappa shape index (κ3) is 6.18. The van der Waals surface area contributed by atoms with Crippen molar-refractivity contribution in [1.82, 2.24) is 0 Å². The maximum absolute atomic E-state index is 11.7. The van der Waals surface area contributed by atoms with E-state index in [1.54, 1.807) is 0 Å². The van der Waals surface area contributed by atoms with Gasteiger partial charge in [0.2, 0.25) is 5.91 Å². The molecule has 1 rings (SSSR count). The van der Waals surface area contributed by atoms with Crippen molar-refractivity contribution in [3.63, 3.8) is 0 Å². The number of amides is 1. The summed E-state index contributed by atoms with van der Waals surface area (Å²) in [5, 5.41) is 2.94. The largest absolute Gasteiger partial charge is 0.326 e. The molecule has 0 spiro atoms. The highest BCUT2D eigenvalue weighted by molar-refractivity contribution is 14.1. The molecule has 1 N–H and O–H groups in total. The fourth-order valence-electron chi connectivity index (χ4n) is 1.69. The number of nitrogens with one attached hydrogen (secondary N) is 1. The summed E-state index contributed by atoms with van der Waals surface area (Å²) in [6, 6.07) is 5.85. The minimum absolute atomic E-state index is 0.115. The fourth-order valence-corrected chi connectivity index (χ4v) is 2.45. The van der Waals surface area contributed by atoms with Gasteiger partial charge in [-0.1, -0.05) is 32.6 Å². The Morgan fingerprint density at radius 1 is 1.28 bits per heavy atom. The highest BCUT2D eigenvalue weighted by Gasteiger charge is 2.04. The Morgan fingerprint density at radius 3 is 2.67 bits per heavy atom. The van der Waals surface area contributed by atoms with Crippen LogP contribution in [0.1, 0.15) is 45.4 Å². The Hall–Kier alpha value is -0.100. The third-order valence-electron chi connectivity index (χ3n) is 2.71. The molecule has 0 aliphatic rings. The fraction of sp³-hybridized carbons (Fsp3) is 0.500. The number of hydrogen-bond donors (Lipinski definition) is 1. The van der Waals surface area contributed by atoms with Crippen LogP contribution in [0.4, 0.5) is 5.69 Å². The molecule has 1 amide bonds. The van der Waals surface area contributed by atoms with Crippen molar-refractivity contribution in [3.05, 3.63) is 26.2 Å². The van der Waals surface area contributed by atoms with E-state index in [0.717, 1.165) is 26.6 Å². The molecule has 0 aliphatic carbocycles. The average Bonchev–Trinajstić information content (AvgIpc) is 2.34. The van der Waals surface area contributed by atoms with E-state index in [-0.39, 0.29) is 5.91 Å². The quantitative estimate of drug-likeness (QED) is 0.464. The van der Waals surface area contributed by atoms with E-state index in [4.69, 9.17) is 0 Å². The lowest BCUT2D eigenvalue weighted by Crippen LogP contribution is -2.11. The van der Waals surface area contributed by atoms with Crippen LogP contribution in [0.2, 0.25) is 0 Å². The number of halogens is 2. The van der Waals surface area contributed by atoms with Gasteiger partial charge in [0.05, 0.1) is 0 Å². The van der Waals surface area contributed by atoms with Crippen LogP contribution in [-0.2, 0) is 4.79 Å². The predicted octanol–water partition coefficient (Wildman–Crippen LogP) is 5.35. The average molecular weight is 424 g/mol. The Bertz CT molecular complexity index is 395. The first kappa shape index (κ1) is 16.0. The van der Waals surface area contributed by atoms with Gasteiger partial charge in [0.1, 0.15) is 0 Å². The first-order valence-electron chi connectivity index (χ1n) is 6.38. The van der Waals surface area contributed by atoms with E-state index in [2.05, 4.69) is 50.8 Å². The molecule has 1 aromatic rings. The van der Waals surface area contributed by atoms with Crippen LogP contribution in [0.15, 0.2) is 22.7 Å². The van der Waals surface area contributed by atoms with E-state index < -0.39 is 0 Å². The highest BCUT2D eigenvalue weighted by atomic mass is 127. The SMILES string of the molecule is CCCCCCCC(=O)Nc1ccc(Br)c(I)c1. The van der Waals surface area contributed by atoms with E-state index in [9.17, 15) is 4.79 Å². The zero-order valence-electron chi connectivity index (χ0n) is 10.6. The molecule has 0 unspecified atom stereocenters. The summed E-state index contributed by atoms with van der Waals surface area (Å²) in [4.78, 5) is 11.7. The smallest absolute Gasteiger partial charge is 0.224 e. The molecular weight excluding hydrogens is 405 g/mol.